The van der Waals surface area contributed by atoms with Gasteiger partial charge in [-0.1, -0.05) is 12.1 Å². The quantitative estimate of drug-likeness (QED) is 0.870. The van der Waals surface area contributed by atoms with Gasteiger partial charge in [0.2, 0.25) is 0 Å². The molecule has 0 saturated heterocycles. The van der Waals surface area contributed by atoms with E-state index >= 15 is 0 Å². The number of nitrogens with one attached hydrogen (secondary N) is 1. The summed E-state index contributed by atoms with van der Waals surface area (Å²) in [7, 11) is 0. The summed E-state index contributed by atoms with van der Waals surface area (Å²) in [6, 6.07) is 13.6. The molecular formula is C14H13N3. The number of anilines is 1. The maximum absolute atomic E-state index is 8.80. The van der Waals surface area contributed by atoms with Crippen LogP contribution in [0.5, 0.6) is 0 Å². The van der Waals surface area contributed by atoms with E-state index in [0.717, 1.165) is 11.4 Å². The number of nitrogens with zero attached hydrogens (tertiary/aromatic N) is 2. The van der Waals surface area contributed by atoms with Crippen molar-refractivity contribution in [2.24, 2.45) is 0 Å². The smallest absolute Gasteiger partial charge is 0.126 e. The normalized spacial score (nSPS) is 9.65. The lowest BCUT2D eigenvalue weighted by molar-refractivity contribution is 1.10. The molecule has 0 unspecified atom stereocenters. The summed E-state index contributed by atoms with van der Waals surface area (Å²) in [4.78, 5) is 4.22. The van der Waals surface area contributed by atoms with Crippen LogP contribution in [0.15, 0.2) is 42.6 Å². The first kappa shape index (κ1) is 11.2. The number of benzene rings is 1. The maximum atomic E-state index is 8.80. The van der Waals surface area contributed by atoms with Gasteiger partial charge in [0.15, 0.2) is 0 Å². The Kier molecular flexibility index (Phi) is 3.37. The molecule has 1 heterocycles. The molecule has 0 spiro atoms. The predicted molar refractivity (Wildman–Crippen MR) is 67.5 cm³/mol. The number of hydrogen-bond donors (Lipinski definition) is 1. The molecule has 84 valence electrons. The van der Waals surface area contributed by atoms with E-state index in [-0.39, 0.29) is 0 Å². The van der Waals surface area contributed by atoms with Crippen LogP contribution in [-0.2, 0) is 6.54 Å². The lowest BCUT2D eigenvalue weighted by atomic mass is 10.1. The highest BCUT2D eigenvalue weighted by atomic mass is 15.0. The van der Waals surface area contributed by atoms with Gasteiger partial charge in [-0.05, 0) is 42.3 Å². The molecule has 1 aromatic heterocycles. The Labute approximate surface area is 101 Å². The third-order valence-corrected chi connectivity index (χ3v) is 2.45. The fourth-order valence-corrected chi connectivity index (χ4v) is 1.58. The SMILES string of the molecule is Cc1ccnc(NCc2cccc(C#N)c2)c1. The lowest BCUT2D eigenvalue weighted by Crippen LogP contribution is -2.01. The van der Waals surface area contributed by atoms with E-state index in [2.05, 4.69) is 16.4 Å². The highest BCUT2D eigenvalue weighted by Gasteiger charge is 1.97. The predicted octanol–water partition coefficient (Wildman–Crippen LogP) is 2.87. The highest BCUT2D eigenvalue weighted by molar-refractivity contribution is 5.39. The summed E-state index contributed by atoms with van der Waals surface area (Å²) in [5.74, 6) is 0.854. The first-order valence-electron chi connectivity index (χ1n) is 5.43. The van der Waals surface area contributed by atoms with Gasteiger partial charge in [-0.15, -0.1) is 0 Å². The van der Waals surface area contributed by atoms with Crippen molar-refractivity contribution in [1.82, 2.24) is 4.98 Å². The molecule has 0 amide bonds. The summed E-state index contributed by atoms with van der Waals surface area (Å²) >= 11 is 0. The topological polar surface area (TPSA) is 48.7 Å². The lowest BCUT2D eigenvalue weighted by Gasteiger charge is -2.06. The monoisotopic (exact) mass is 223 g/mol. The standard InChI is InChI=1S/C14H13N3/c1-11-5-6-16-14(7-11)17-10-13-4-2-3-12(8-13)9-15/h2-8H,10H2,1H3,(H,16,17). The van der Waals surface area contributed by atoms with E-state index in [4.69, 9.17) is 5.26 Å². The molecule has 1 N–H and O–H groups in total. The molecule has 0 aliphatic heterocycles. The highest BCUT2D eigenvalue weighted by Crippen LogP contribution is 2.09. The van der Waals surface area contributed by atoms with Gasteiger partial charge in [-0.25, -0.2) is 4.98 Å². The first-order chi connectivity index (χ1) is 8.28. The summed E-state index contributed by atoms with van der Waals surface area (Å²) in [6.45, 7) is 2.70. The molecule has 3 nitrogen and oxygen atoms in total. The Bertz CT molecular complexity index is 555. The number of aryl methyl sites for hydroxylation is 1. The molecule has 0 aliphatic carbocycles. The Hall–Kier alpha value is -2.34. The fourth-order valence-electron chi connectivity index (χ4n) is 1.58. The molecule has 0 saturated carbocycles. The minimum atomic E-state index is 0.673. The van der Waals surface area contributed by atoms with Crippen molar-refractivity contribution < 1.29 is 0 Å². The summed E-state index contributed by atoms with van der Waals surface area (Å²) in [6.07, 6.45) is 1.78. The second-order valence-corrected chi connectivity index (χ2v) is 3.88. The van der Waals surface area contributed by atoms with E-state index in [1.807, 2.05) is 37.3 Å². The van der Waals surface area contributed by atoms with Crippen LogP contribution < -0.4 is 5.32 Å². The molecule has 0 aliphatic rings. The second-order valence-electron chi connectivity index (χ2n) is 3.88. The van der Waals surface area contributed by atoms with Crippen LogP contribution in [0.25, 0.3) is 0 Å². The van der Waals surface area contributed by atoms with Gasteiger partial charge < -0.3 is 5.32 Å². The van der Waals surface area contributed by atoms with Gasteiger partial charge in [-0.2, -0.15) is 5.26 Å². The molecule has 2 aromatic rings. The van der Waals surface area contributed by atoms with Crippen molar-refractivity contribution in [1.29, 1.82) is 5.26 Å². The molecule has 0 fully saturated rings. The number of nitriles is 1. The van der Waals surface area contributed by atoms with Gasteiger partial charge in [-0.3, -0.25) is 0 Å². The van der Waals surface area contributed by atoms with Crippen LogP contribution in [-0.4, -0.2) is 4.98 Å². The molecule has 0 atom stereocenters. The Morgan fingerprint density at radius 2 is 2.18 bits per heavy atom. The van der Waals surface area contributed by atoms with Crippen molar-refractivity contribution in [3.63, 3.8) is 0 Å². The van der Waals surface area contributed by atoms with Gasteiger partial charge in [0.05, 0.1) is 11.6 Å². The third-order valence-electron chi connectivity index (χ3n) is 2.45. The van der Waals surface area contributed by atoms with Crippen LogP contribution in [0.4, 0.5) is 5.82 Å². The first-order valence-corrected chi connectivity index (χ1v) is 5.43. The molecule has 0 bridgehead atoms. The van der Waals surface area contributed by atoms with Crippen LogP contribution in [0, 0.1) is 18.3 Å². The molecule has 17 heavy (non-hydrogen) atoms. The number of rotatable bonds is 3. The fraction of sp³-hybridized carbons (Fsp3) is 0.143. The number of hydrogen-bond acceptors (Lipinski definition) is 3. The van der Waals surface area contributed by atoms with Crippen LogP contribution >= 0.6 is 0 Å². The van der Waals surface area contributed by atoms with Crippen LogP contribution in [0.1, 0.15) is 16.7 Å². The molecular weight excluding hydrogens is 210 g/mol. The second kappa shape index (κ2) is 5.13. The Morgan fingerprint density at radius 1 is 1.29 bits per heavy atom. The zero-order valence-corrected chi connectivity index (χ0v) is 9.64. The number of pyridine rings is 1. The van der Waals surface area contributed by atoms with Crippen molar-refractivity contribution in [3.8, 4) is 6.07 Å². The van der Waals surface area contributed by atoms with Gasteiger partial charge in [0.25, 0.3) is 0 Å². The largest absolute Gasteiger partial charge is 0.366 e. The van der Waals surface area contributed by atoms with Crippen molar-refractivity contribution in [2.45, 2.75) is 13.5 Å². The molecule has 2 rings (SSSR count). The van der Waals surface area contributed by atoms with Crippen molar-refractivity contribution in [3.05, 3.63) is 59.3 Å². The van der Waals surface area contributed by atoms with E-state index in [0.29, 0.717) is 12.1 Å². The van der Waals surface area contributed by atoms with Gasteiger partial charge >= 0.3 is 0 Å². The minimum Gasteiger partial charge on any atom is -0.366 e. The summed E-state index contributed by atoms with van der Waals surface area (Å²) in [5.41, 5.74) is 2.93. The van der Waals surface area contributed by atoms with E-state index in [1.165, 1.54) is 5.56 Å². The van der Waals surface area contributed by atoms with Crippen molar-refractivity contribution >= 4 is 5.82 Å². The molecule has 3 heteroatoms. The van der Waals surface area contributed by atoms with Crippen molar-refractivity contribution in [2.75, 3.05) is 5.32 Å². The zero-order valence-electron chi connectivity index (χ0n) is 9.64. The molecule has 0 radical (unpaired) electrons. The summed E-state index contributed by atoms with van der Waals surface area (Å²) < 4.78 is 0. The van der Waals surface area contributed by atoms with Crippen LogP contribution in [0.3, 0.4) is 0 Å². The zero-order chi connectivity index (χ0) is 12.1. The Morgan fingerprint density at radius 3 is 2.94 bits per heavy atom. The average molecular weight is 223 g/mol. The number of aromatic nitrogens is 1. The summed E-state index contributed by atoms with van der Waals surface area (Å²) in [5, 5.41) is 12.0. The van der Waals surface area contributed by atoms with Gasteiger partial charge in [0.1, 0.15) is 5.82 Å². The third kappa shape index (κ3) is 3.05. The Balaban J connectivity index is 2.05. The maximum Gasteiger partial charge on any atom is 0.126 e. The van der Waals surface area contributed by atoms with E-state index in [9.17, 15) is 0 Å². The minimum absolute atomic E-state index is 0.673. The molecule has 1 aromatic carbocycles. The average Bonchev–Trinajstić information content (AvgIpc) is 2.37. The van der Waals surface area contributed by atoms with Crippen LogP contribution in [0.2, 0.25) is 0 Å². The van der Waals surface area contributed by atoms with E-state index < -0.39 is 0 Å². The van der Waals surface area contributed by atoms with Gasteiger partial charge in [0, 0.05) is 12.7 Å². The van der Waals surface area contributed by atoms with E-state index in [1.54, 1.807) is 12.3 Å².